The van der Waals surface area contributed by atoms with Crippen molar-refractivity contribution in [3.8, 4) is 0 Å². The van der Waals surface area contributed by atoms with Gasteiger partial charge in [0.05, 0.1) is 12.4 Å². The molecule has 0 saturated carbocycles. The Kier molecular flexibility index (Phi) is 6.58. The van der Waals surface area contributed by atoms with Gasteiger partial charge >= 0.3 is 12.0 Å². The molecule has 1 aromatic heterocycles. The Morgan fingerprint density at radius 1 is 1.38 bits per heavy atom. The molecule has 0 atom stereocenters. The zero-order valence-corrected chi connectivity index (χ0v) is 14.0. The number of esters is 1. The molecule has 1 aliphatic rings. The topological polar surface area (TPSA) is 84.4 Å². The van der Waals surface area contributed by atoms with Crippen LogP contribution in [0, 0.1) is 0 Å². The highest BCUT2D eigenvalue weighted by molar-refractivity contribution is 8.01. The van der Waals surface area contributed by atoms with Crippen LogP contribution in [-0.4, -0.2) is 64.1 Å². The predicted molar refractivity (Wildman–Crippen MR) is 85.2 cm³/mol. The number of hydrogen-bond donors (Lipinski definition) is 1. The molecule has 0 unspecified atom stereocenters. The van der Waals surface area contributed by atoms with Crippen molar-refractivity contribution in [2.24, 2.45) is 0 Å². The van der Waals surface area contributed by atoms with E-state index in [1.54, 1.807) is 11.8 Å². The number of urea groups is 1. The molecule has 116 valence electrons. The van der Waals surface area contributed by atoms with Crippen molar-refractivity contribution in [2.45, 2.75) is 11.3 Å². The van der Waals surface area contributed by atoms with Crippen molar-refractivity contribution in [3.05, 3.63) is 0 Å². The van der Waals surface area contributed by atoms with Crippen LogP contribution in [0.15, 0.2) is 4.34 Å². The Morgan fingerprint density at radius 3 is 2.86 bits per heavy atom. The summed E-state index contributed by atoms with van der Waals surface area (Å²) in [4.78, 5) is 25.0. The van der Waals surface area contributed by atoms with Gasteiger partial charge in [0.1, 0.15) is 0 Å². The normalized spacial score (nSPS) is 14.8. The first-order valence-corrected chi connectivity index (χ1v) is 9.40. The summed E-state index contributed by atoms with van der Waals surface area (Å²) in [5, 5.41) is 11.0. The molecule has 21 heavy (non-hydrogen) atoms. The molecule has 0 aromatic carbocycles. The lowest BCUT2D eigenvalue weighted by atomic mass is 10.5. The number of carbonyl (C=O) groups excluding carboxylic acids is 2. The third kappa shape index (κ3) is 5.36. The van der Waals surface area contributed by atoms with E-state index >= 15 is 0 Å². The SMILES string of the molecule is CCOC(=O)CSc1nnc(NC(=O)N2CCSCC2)s1. The first kappa shape index (κ1) is 16.4. The summed E-state index contributed by atoms with van der Waals surface area (Å²) in [5.41, 5.74) is 0. The van der Waals surface area contributed by atoms with Crippen LogP contribution in [0.5, 0.6) is 0 Å². The van der Waals surface area contributed by atoms with Crippen LogP contribution >= 0.6 is 34.9 Å². The lowest BCUT2D eigenvalue weighted by Gasteiger charge is -2.25. The maximum atomic E-state index is 12.0. The van der Waals surface area contributed by atoms with Gasteiger partial charge in [-0.15, -0.1) is 10.2 Å². The minimum Gasteiger partial charge on any atom is -0.465 e. The molecule has 0 spiro atoms. The summed E-state index contributed by atoms with van der Waals surface area (Å²) >= 11 is 4.35. The average molecular weight is 348 g/mol. The van der Waals surface area contributed by atoms with E-state index in [0.717, 1.165) is 24.6 Å². The fourth-order valence-corrected chi connectivity index (χ4v) is 4.02. The van der Waals surface area contributed by atoms with E-state index in [4.69, 9.17) is 4.74 Å². The van der Waals surface area contributed by atoms with Gasteiger partial charge in [0, 0.05) is 24.6 Å². The molecule has 10 heteroatoms. The van der Waals surface area contributed by atoms with E-state index in [1.807, 2.05) is 11.8 Å². The monoisotopic (exact) mass is 348 g/mol. The van der Waals surface area contributed by atoms with Crippen LogP contribution in [0.25, 0.3) is 0 Å². The Labute approximate surface area is 135 Å². The van der Waals surface area contributed by atoms with Gasteiger partial charge in [-0.3, -0.25) is 10.1 Å². The first-order valence-electron chi connectivity index (χ1n) is 6.44. The second-order valence-corrected chi connectivity index (χ2v) is 7.42. The zero-order valence-electron chi connectivity index (χ0n) is 11.5. The number of hydrogen-bond acceptors (Lipinski definition) is 8. The number of rotatable bonds is 5. The molecule has 0 bridgehead atoms. The van der Waals surface area contributed by atoms with Gasteiger partial charge in [-0.1, -0.05) is 23.1 Å². The molecule has 1 N–H and O–H groups in total. The van der Waals surface area contributed by atoms with Crippen LogP contribution in [0.3, 0.4) is 0 Å². The van der Waals surface area contributed by atoms with Gasteiger partial charge in [0.25, 0.3) is 0 Å². The van der Waals surface area contributed by atoms with Crippen molar-refractivity contribution < 1.29 is 14.3 Å². The Balaban J connectivity index is 1.79. The van der Waals surface area contributed by atoms with Gasteiger partial charge in [0.2, 0.25) is 5.13 Å². The van der Waals surface area contributed by atoms with E-state index < -0.39 is 0 Å². The van der Waals surface area contributed by atoms with Gasteiger partial charge in [-0.25, -0.2) is 4.79 Å². The molecule has 1 fully saturated rings. The summed E-state index contributed by atoms with van der Waals surface area (Å²) in [5.74, 6) is 1.84. The Morgan fingerprint density at radius 2 is 2.14 bits per heavy atom. The third-order valence-corrected chi connectivity index (χ3v) is 5.43. The van der Waals surface area contributed by atoms with Crippen LogP contribution in [0.1, 0.15) is 6.92 Å². The molecular formula is C11H16N4O3S3. The Bertz CT molecular complexity index is 491. The summed E-state index contributed by atoms with van der Waals surface area (Å²) in [7, 11) is 0. The van der Waals surface area contributed by atoms with Crippen molar-refractivity contribution >= 4 is 52.0 Å². The fraction of sp³-hybridized carbons (Fsp3) is 0.636. The average Bonchev–Trinajstić information content (AvgIpc) is 2.94. The number of thioether (sulfide) groups is 2. The molecule has 1 aliphatic heterocycles. The number of amides is 2. The smallest absolute Gasteiger partial charge is 0.323 e. The maximum absolute atomic E-state index is 12.0. The lowest BCUT2D eigenvalue weighted by molar-refractivity contribution is -0.139. The number of nitrogens with zero attached hydrogens (tertiary/aromatic N) is 3. The fourth-order valence-electron chi connectivity index (χ4n) is 1.58. The minimum absolute atomic E-state index is 0.145. The second kappa shape index (κ2) is 8.44. The number of aromatic nitrogens is 2. The predicted octanol–water partition coefficient (Wildman–Crippen LogP) is 1.77. The van der Waals surface area contributed by atoms with Gasteiger partial charge in [0.15, 0.2) is 4.34 Å². The Hall–Kier alpha value is -1.000. The number of anilines is 1. The number of nitrogens with one attached hydrogen (secondary N) is 1. The molecule has 1 aromatic rings. The summed E-state index contributed by atoms with van der Waals surface area (Å²) < 4.78 is 5.46. The summed E-state index contributed by atoms with van der Waals surface area (Å²) in [6, 6.07) is -0.145. The highest BCUT2D eigenvalue weighted by atomic mass is 32.2. The molecular weight excluding hydrogens is 332 g/mol. The van der Waals surface area contributed by atoms with Crippen molar-refractivity contribution in [1.29, 1.82) is 0 Å². The molecule has 7 nitrogen and oxygen atoms in total. The highest BCUT2D eigenvalue weighted by Gasteiger charge is 2.18. The molecule has 0 aliphatic carbocycles. The molecule has 2 heterocycles. The van der Waals surface area contributed by atoms with Gasteiger partial charge in [-0.05, 0) is 6.92 Å². The highest BCUT2D eigenvalue weighted by Crippen LogP contribution is 2.25. The van der Waals surface area contributed by atoms with Crippen LogP contribution in [-0.2, 0) is 9.53 Å². The van der Waals surface area contributed by atoms with Crippen LogP contribution in [0.2, 0.25) is 0 Å². The van der Waals surface area contributed by atoms with E-state index in [0.29, 0.717) is 16.1 Å². The van der Waals surface area contributed by atoms with E-state index in [1.165, 1.54) is 23.1 Å². The molecule has 1 saturated heterocycles. The molecule has 2 rings (SSSR count). The molecule has 2 amide bonds. The maximum Gasteiger partial charge on any atom is 0.323 e. The zero-order chi connectivity index (χ0) is 15.1. The largest absolute Gasteiger partial charge is 0.465 e. The van der Waals surface area contributed by atoms with Crippen LogP contribution in [0.4, 0.5) is 9.93 Å². The lowest BCUT2D eigenvalue weighted by Crippen LogP contribution is -2.40. The van der Waals surface area contributed by atoms with Crippen molar-refractivity contribution in [1.82, 2.24) is 15.1 Å². The van der Waals surface area contributed by atoms with E-state index in [-0.39, 0.29) is 17.8 Å². The molecule has 0 radical (unpaired) electrons. The van der Waals surface area contributed by atoms with E-state index in [2.05, 4.69) is 15.5 Å². The summed E-state index contributed by atoms with van der Waals surface area (Å²) in [6.07, 6.45) is 0. The van der Waals surface area contributed by atoms with E-state index in [9.17, 15) is 9.59 Å². The van der Waals surface area contributed by atoms with Gasteiger partial charge in [-0.2, -0.15) is 11.8 Å². The van der Waals surface area contributed by atoms with Crippen molar-refractivity contribution in [3.63, 3.8) is 0 Å². The minimum atomic E-state index is -0.283. The second-order valence-electron chi connectivity index (χ2n) is 4.00. The standard InChI is InChI=1S/C11H16N4O3S3/c1-2-18-8(16)7-20-11-14-13-9(21-11)12-10(17)15-3-5-19-6-4-15/h2-7H2,1H3,(H,12,13,17). The number of ether oxygens (including phenoxy) is 1. The first-order chi connectivity index (χ1) is 10.2. The van der Waals surface area contributed by atoms with Crippen molar-refractivity contribution in [2.75, 3.05) is 42.3 Å². The number of carbonyl (C=O) groups is 2. The van der Waals surface area contributed by atoms with Crippen LogP contribution < -0.4 is 5.32 Å². The van der Waals surface area contributed by atoms with Gasteiger partial charge < -0.3 is 9.64 Å². The third-order valence-electron chi connectivity index (χ3n) is 2.54. The summed E-state index contributed by atoms with van der Waals surface area (Å²) in [6.45, 7) is 3.63. The quantitative estimate of drug-likeness (QED) is 0.493.